The lowest BCUT2D eigenvalue weighted by Crippen LogP contribution is -2.63. The van der Waals surface area contributed by atoms with Crippen molar-refractivity contribution in [3.05, 3.63) is 105 Å². The maximum absolute atomic E-state index is 14.1. The van der Waals surface area contributed by atoms with Gasteiger partial charge in [-0.05, 0) is 31.0 Å². The minimum absolute atomic E-state index is 0.00198. The van der Waals surface area contributed by atoms with E-state index in [1.165, 1.54) is 32.0 Å². The van der Waals surface area contributed by atoms with Crippen LogP contribution in [-0.4, -0.2) is 115 Å². The number of carbonyl (C=O) groups excluding carboxylic acids is 4. The second kappa shape index (κ2) is 18.5. The summed E-state index contributed by atoms with van der Waals surface area (Å²) in [6, 6.07) is 10.1. The number of hydrogen-bond acceptors (Lipinski definition) is 10. The van der Waals surface area contributed by atoms with Crippen molar-refractivity contribution in [1.82, 2.24) is 40.7 Å². The van der Waals surface area contributed by atoms with Crippen LogP contribution in [0.15, 0.2) is 82.6 Å². The molecule has 1 aliphatic heterocycles. The number of aliphatic hydroxyl groups is 1. The SMILES string of the molecule is C[C@@H](N)C(=O)N(C)[C@@H](C)[C@H](NC(=O)[C@@H](Cc1ccccc1)NC(=O)N[C@@H](Cc1c[nH]c2ccccc12)C(=O)O)C(=O)NC[C@H]1C[C@@H](O)[C@H](n2ccc(=O)[nH]c2=O)O1. The molecule has 10 N–H and O–H groups in total. The van der Waals surface area contributed by atoms with Gasteiger partial charge < -0.3 is 51.8 Å². The third-order valence-electron chi connectivity index (χ3n) is 9.81. The van der Waals surface area contributed by atoms with Crippen molar-refractivity contribution in [2.24, 2.45) is 5.73 Å². The molecular weight excluding hydrogens is 742 g/mol. The number of nitrogens with two attached hydrogens (primary N) is 1. The van der Waals surface area contributed by atoms with Gasteiger partial charge in [-0.3, -0.25) is 28.7 Å². The molecule has 0 saturated carbocycles. The zero-order valence-corrected chi connectivity index (χ0v) is 31.5. The van der Waals surface area contributed by atoms with Crippen molar-refractivity contribution in [1.29, 1.82) is 0 Å². The number of aliphatic hydroxyl groups excluding tert-OH is 1. The predicted molar refractivity (Wildman–Crippen MR) is 206 cm³/mol. The third-order valence-corrected chi connectivity index (χ3v) is 9.81. The fourth-order valence-electron chi connectivity index (χ4n) is 6.61. The number of hydrogen-bond donors (Lipinski definition) is 9. The summed E-state index contributed by atoms with van der Waals surface area (Å²) in [6.45, 7) is 2.80. The van der Waals surface area contributed by atoms with Crippen molar-refractivity contribution < 1.29 is 38.9 Å². The number of aromatic amines is 2. The van der Waals surface area contributed by atoms with Crippen LogP contribution in [0.1, 0.15) is 37.6 Å². The van der Waals surface area contributed by atoms with Gasteiger partial charge in [-0.25, -0.2) is 14.4 Å². The topological polar surface area (TPSA) is 283 Å². The van der Waals surface area contributed by atoms with Gasteiger partial charge in [-0.2, -0.15) is 0 Å². The van der Waals surface area contributed by atoms with E-state index in [9.17, 15) is 43.8 Å². The van der Waals surface area contributed by atoms with Crippen LogP contribution < -0.4 is 38.2 Å². The maximum atomic E-state index is 14.1. The van der Waals surface area contributed by atoms with Crippen molar-refractivity contribution in [3.63, 3.8) is 0 Å². The van der Waals surface area contributed by atoms with E-state index in [1.54, 1.807) is 36.5 Å². The average molecular weight is 790 g/mol. The lowest BCUT2D eigenvalue weighted by atomic mass is 10.0. The van der Waals surface area contributed by atoms with Crippen LogP contribution in [-0.2, 0) is 36.8 Å². The van der Waals surface area contributed by atoms with Crippen molar-refractivity contribution in [3.8, 4) is 0 Å². The van der Waals surface area contributed by atoms with E-state index < -0.39 is 89.6 Å². The molecule has 1 fully saturated rings. The number of ether oxygens (including phenoxy) is 1. The number of carbonyl (C=O) groups is 5. The highest BCUT2D eigenvalue weighted by molar-refractivity contribution is 5.94. The first-order valence-corrected chi connectivity index (χ1v) is 18.3. The van der Waals surface area contributed by atoms with Crippen LogP contribution in [0.4, 0.5) is 4.79 Å². The summed E-state index contributed by atoms with van der Waals surface area (Å²) in [6.07, 6.45) is -0.396. The molecule has 8 atom stereocenters. The van der Waals surface area contributed by atoms with E-state index in [0.29, 0.717) is 11.1 Å². The molecule has 0 radical (unpaired) electrons. The molecule has 5 amide bonds. The third kappa shape index (κ3) is 10.5. The van der Waals surface area contributed by atoms with Crippen LogP contribution in [0.2, 0.25) is 0 Å². The quantitative estimate of drug-likeness (QED) is 0.0669. The second-order valence-corrected chi connectivity index (χ2v) is 14.0. The molecule has 1 aliphatic rings. The molecule has 2 aromatic heterocycles. The van der Waals surface area contributed by atoms with E-state index in [-0.39, 0.29) is 25.8 Å². The van der Waals surface area contributed by atoms with Crippen LogP contribution in [0.3, 0.4) is 0 Å². The molecule has 0 bridgehead atoms. The van der Waals surface area contributed by atoms with Gasteiger partial charge in [0.1, 0.15) is 24.2 Å². The van der Waals surface area contributed by atoms with Gasteiger partial charge in [0.25, 0.3) is 5.56 Å². The Balaban J connectivity index is 1.33. The summed E-state index contributed by atoms with van der Waals surface area (Å²) >= 11 is 0. The molecule has 304 valence electrons. The Labute approximate surface area is 326 Å². The van der Waals surface area contributed by atoms with Gasteiger partial charge in [0.05, 0.1) is 18.2 Å². The first kappa shape index (κ1) is 41.8. The molecule has 0 aliphatic carbocycles. The number of para-hydroxylation sites is 1. The molecule has 3 heterocycles. The molecule has 4 aromatic rings. The van der Waals surface area contributed by atoms with Crippen LogP contribution in [0.25, 0.3) is 10.9 Å². The van der Waals surface area contributed by atoms with Gasteiger partial charge in [0.15, 0.2) is 6.23 Å². The van der Waals surface area contributed by atoms with E-state index in [2.05, 4.69) is 31.2 Å². The van der Waals surface area contributed by atoms with E-state index in [1.807, 2.05) is 24.3 Å². The Hall–Kier alpha value is -6.31. The molecule has 0 unspecified atom stereocenters. The number of urea groups is 1. The van der Waals surface area contributed by atoms with Crippen LogP contribution in [0.5, 0.6) is 0 Å². The number of fused-ring (bicyclic) bond motifs is 1. The minimum atomic E-state index is -1.43. The fourth-order valence-corrected chi connectivity index (χ4v) is 6.61. The summed E-state index contributed by atoms with van der Waals surface area (Å²) in [5, 5.41) is 31.8. The van der Waals surface area contributed by atoms with Crippen LogP contribution >= 0.6 is 0 Å². The molecule has 5 rings (SSSR count). The number of nitrogens with zero attached hydrogens (tertiary/aromatic N) is 2. The van der Waals surface area contributed by atoms with Gasteiger partial charge >= 0.3 is 17.7 Å². The summed E-state index contributed by atoms with van der Waals surface area (Å²) in [4.78, 5) is 96.9. The Morgan fingerprint density at radius 3 is 2.32 bits per heavy atom. The number of carboxylic acids is 1. The number of aromatic nitrogens is 3. The standard InChI is InChI=1S/C38H47N9O10/c1-20(39)34(52)46(3)21(2)31(33(51)41-19-24-17-29(48)35(57-24)47-14-13-30(49)44-38(47)56)45-32(50)27(15-22-9-5-4-6-10-22)42-37(55)43-28(36(53)54)16-23-18-40-26-12-8-7-11-25(23)26/h4-14,18,20-21,24,27-29,31,35,40,48H,15-17,19,39H2,1-3H3,(H,41,51)(H,45,50)(H,53,54)(H2,42,43,55)(H,44,49,56)/t20-,21+,24-,27-,28+,29-,31+,35-/m1/s1. The number of likely N-dealkylation sites (N-methyl/N-ethyl adjacent to an activating group) is 1. The van der Waals surface area contributed by atoms with E-state index in [4.69, 9.17) is 10.5 Å². The summed E-state index contributed by atoms with van der Waals surface area (Å²) < 4.78 is 6.85. The fraction of sp³-hybridized carbons (Fsp3) is 0.395. The smallest absolute Gasteiger partial charge is 0.330 e. The summed E-state index contributed by atoms with van der Waals surface area (Å²) in [7, 11) is 1.42. The van der Waals surface area contributed by atoms with Gasteiger partial charge in [-0.1, -0.05) is 48.5 Å². The molecule has 19 nitrogen and oxygen atoms in total. The Morgan fingerprint density at radius 1 is 0.947 bits per heavy atom. The molecular formula is C38H47N9O10. The number of H-pyrrole nitrogens is 2. The van der Waals surface area contributed by atoms with Crippen molar-refractivity contribution in [2.45, 2.75) is 81.8 Å². The first-order valence-electron chi connectivity index (χ1n) is 18.3. The lowest BCUT2D eigenvalue weighted by molar-refractivity contribution is -0.139. The average Bonchev–Trinajstić information content (AvgIpc) is 3.77. The monoisotopic (exact) mass is 789 g/mol. The van der Waals surface area contributed by atoms with Crippen molar-refractivity contribution >= 4 is 40.6 Å². The Morgan fingerprint density at radius 2 is 1.63 bits per heavy atom. The molecule has 19 heteroatoms. The normalized spacial score (nSPS) is 19.1. The minimum Gasteiger partial charge on any atom is -0.480 e. The maximum Gasteiger partial charge on any atom is 0.330 e. The lowest BCUT2D eigenvalue weighted by Gasteiger charge is -2.34. The highest BCUT2D eigenvalue weighted by Gasteiger charge is 2.38. The van der Waals surface area contributed by atoms with Gasteiger partial charge in [0, 0.05) is 62.2 Å². The zero-order valence-electron chi connectivity index (χ0n) is 31.5. The zero-order chi connectivity index (χ0) is 41.4. The number of aliphatic carboxylic acids is 1. The van der Waals surface area contributed by atoms with Crippen molar-refractivity contribution in [2.75, 3.05) is 13.6 Å². The predicted octanol–water partition coefficient (Wildman–Crippen LogP) is -0.932. The summed E-state index contributed by atoms with van der Waals surface area (Å²) in [5.41, 5.74) is 6.51. The molecule has 1 saturated heterocycles. The van der Waals surface area contributed by atoms with E-state index in [0.717, 1.165) is 21.5 Å². The summed E-state index contributed by atoms with van der Waals surface area (Å²) in [5.74, 6) is -3.41. The molecule has 0 spiro atoms. The number of carboxylic acid groups (broad SMARTS) is 1. The first-order chi connectivity index (χ1) is 27.1. The molecule has 57 heavy (non-hydrogen) atoms. The highest BCUT2D eigenvalue weighted by Crippen LogP contribution is 2.27. The number of amides is 5. The molecule has 2 aromatic carbocycles. The van der Waals surface area contributed by atoms with Gasteiger partial charge in [-0.15, -0.1) is 0 Å². The van der Waals surface area contributed by atoms with Crippen LogP contribution in [0, 0.1) is 0 Å². The van der Waals surface area contributed by atoms with Gasteiger partial charge in [0.2, 0.25) is 17.7 Å². The second-order valence-electron chi connectivity index (χ2n) is 14.0. The largest absolute Gasteiger partial charge is 0.480 e. The Kier molecular flexibility index (Phi) is 13.6. The van der Waals surface area contributed by atoms with E-state index >= 15 is 0 Å². The number of rotatable bonds is 16. The Bertz CT molecular complexity index is 2190. The number of nitrogens with one attached hydrogen (secondary N) is 6. The number of benzene rings is 2. The highest BCUT2D eigenvalue weighted by atomic mass is 16.5.